The molecule has 1 N–H and O–H groups in total. The third kappa shape index (κ3) is 3.04. The third-order valence-corrected chi connectivity index (χ3v) is 5.14. The van der Waals surface area contributed by atoms with E-state index in [4.69, 9.17) is 5.11 Å². The minimum Gasteiger partial charge on any atom is -0.396 e. The highest BCUT2D eigenvalue weighted by molar-refractivity contribution is 7.17. The summed E-state index contributed by atoms with van der Waals surface area (Å²) in [4.78, 5) is 4.88. The molecule has 108 valence electrons. The summed E-state index contributed by atoms with van der Waals surface area (Å²) in [6, 6.07) is 9.47. The molecule has 0 spiro atoms. The molecule has 3 nitrogen and oxygen atoms in total. The van der Waals surface area contributed by atoms with Crippen molar-refractivity contribution in [3.63, 3.8) is 0 Å². The topological polar surface area (TPSA) is 26.7 Å². The molecular formula is C16H22N2OS. The highest BCUT2D eigenvalue weighted by Gasteiger charge is 2.23. The summed E-state index contributed by atoms with van der Waals surface area (Å²) in [6.07, 6.45) is 0.872. The molecule has 0 radical (unpaired) electrons. The first-order valence-corrected chi connectivity index (χ1v) is 8.14. The van der Waals surface area contributed by atoms with E-state index in [1.807, 2.05) is 0 Å². The van der Waals surface area contributed by atoms with Crippen molar-refractivity contribution in [3.05, 3.63) is 35.2 Å². The Kier molecular flexibility index (Phi) is 4.36. The molecule has 2 heterocycles. The van der Waals surface area contributed by atoms with Crippen LogP contribution in [-0.2, 0) is 6.54 Å². The van der Waals surface area contributed by atoms with E-state index in [1.165, 1.54) is 15.6 Å². The minimum absolute atomic E-state index is 0.281. The Morgan fingerprint density at radius 2 is 2.20 bits per heavy atom. The van der Waals surface area contributed by atoms with Crippen molar-refractivity contribution in [2.75, 3.05) is 33.3 Å². The zero-order valence-electron chi connectivity index (χ0n) is 12.0. The Bertz CT molecular complexity index is 568. The van der Waals surface area contributed by atoms with Crippen molar-refractivity contribution < 1.29 is 5.11 Å². The van der Waals surface area contributed by atoms with E-state index in [-0.39, 0.29) is 6.61 Å². The summed E-state index contributed by atoms with van der Waals surface area (Å²) in [5.41, 5.74) is 1.39. The van der Waals surface area contributed by atoms with Gasteiger partial charge in [0.05, 0.1) is 0 Å². The Morgan fingerprint density at radius 1 is 1.30 bits per heavy atom. The van der Waals surface area contributed by atoms with Gasteiger partial charge in [0.15, 0.2) is 0 Å². The number of likely N-dealkylation sites (N-methyl/N-ethyl adjacent to an activating group) is 1. The molecule has 3 rings (SSSR count). The Hall–Kier alpha value is -0.940. The van der Waals surface area contributed by atoms with Crippen LogP contribution in [0.25, 0.3) is 10.1 Å². The Morgan fingerprint density at radius 3 is 3.05 bits per heavy atom. The zero-order chi connectivity index (χ0) is 13.9. The van der Waals surface area contributed by atoms with Gasteiger partial charge in [0, 0.05) is 43.5 Å². The van der Waals surface area contributed by atoms with Gasteiger partial charge < -0.3 is 10.0 Å². The molecule has 0 amide bonds. The number of hydrogen-bond donors (Lipinski definition) is 1. The summed E-state index contributed by atoms with van der Waals surface area (Å²) in [7, 11) is 2.16. The quantitative estimate of drug-likeness (QED) is 0.936. The molecule has 1 saturated heterocycles. The molecule has 4 heteroatoms. The Balaban J connectivity index is 1.67. The smallest absolute Gasteiger partial charge is 0.0446 e. The van der Waals surface area contributed by atoms with Crippen molar-refractivity contribution in [2.24, 2.45) is 0 Å². The van der Waals surface area contributed by atoms with Crippen LogP contribution >= 0.6 is 11.3 Å². The molecule has 1 atom stereocenters. The van der Waals surface area contributed by atoms with Gasteiger partial charge in [-0.15, -0.1) is 11.3 Å². The van der Waals surface area contributed by atoms with Crippen molar-refractivity contribution in [1.82, 2.24) is 9.80 Å². The van der Waals surface area contributed by atoms with Crippen LogP contribution in [0.2, 0.25) is 0 Å². The van der Waals surface area contributed by atoms with Crippen molar-refractivity contribution in [3.8, 4) is 0 Å². The summed E-state index contributed by atoms with van der Waals surface area (Å²) < 4.78 is 1.37. The van der Waals surface area contributed by atoms with E-state index >= 15 is 0 Å². The number of fused-ring (bicyclic) bond motifs is 1. The summed E-state index contributed by atoms with van der Waals surface area (Å²) in [6.45, 7) is 4.55. The van der Waals surface area contributed by atoms with Gasteiger partial charge in [0.2, 0.25) is 0 Å². The van der Waals surface area contributed by atoms with Crippen molar-refractivity contribution >= 4 is 21.4 Å². The van der Waals surface area contributed by atoms with Crippen LogP contribution in [0, 0.1) is 0 Å². The van der Waals surface area contributed by atoms with Gasteiger partial charge >= 0.3 is 0 Å². The highest BCUT2D eigenvalue weighted by Crippen LogP contribution is 2.23. The lowest BCUT2D eigenvalue weighted by atomic mass is 10.1. The number of hydrogen-bond acceptors (Lipinski definition) is 4. The van der Waals surface area contributed by atoms with E-state index in [9.17, 15) is 0 Å². The maximum absolute atomic E-state index is 9.16. The molecule has 0 aliphatic carbocycles. The van der Waals surface area contributed by atoms with Crippen LogP contribution in [0.15, 0.2) is 29.6 Å². The van der Waals surface area contributed by atoms with Gasteiger partial charge in [-0.05, 0) is 48.0 Å². The molecular weight excluding hydrogens is 268 g/mol. The van der Waals surface area contributed by atoms with E-state index in [0.717, 1.165) is 32.6 Å². The van der Waals surface area contributed by atoms with E-state index in [0.29, 0.717) is 6.04 Å². The lowest BCUT2D eigenvalue weighted by Gasteiger charge is -2.39. The number of rotatable bonds is 4. The van der Waals surface area contributed by atoms with Gasteiger partial charge in [-0.2, -0.15) is 0 Å². The van der Waals surface area contributed by atoms with E-state index in [1.54, 1.807) is 11.3 Å². The zero-order valence-corrected chi connectivity index (χ0v) is 12.8. The molecule has 1 aromatic heterocycles. The average Bonchev–Trinajstić information content (AvgIpc) is 2.90. The maximum Gasteiger partial charge on any atom is 0.0446 e. The first kappa shape index (κ1) is 14.0. The fraction of sp³-hybridized carbons (Fsp3) is 0.500. The van der Waals surface area contributed by atoms with Gasteiger partial charge in [-0.1, -0.05) is 6.07 Å². The second-order valence-corrected chi connectivity index (χ2v) is 6.62. The van der Waals surface area contributed by atoms with Crippen LogP contribution in [-0.4, -0.2) is 54.2 Å². The van der Waals surface area contributed by atoms with Crippen LogP contribution < -0.4 is 0 Å². The molecule has 1 aromatic carbocycles. The molecule has 20 heavy (non-hydrogen) atoms. The summed E-state index contributed by atoms with van der Waals surface area (Å²) in [5, 5.41) is 12.7. The predicted molar refractivity (Wildman–Crippen MR) is 85.2 cm³/mol. The second kappa shape index (κ2) is 6.22. The molecule has 1 aliphatic rings. The number of piperazine rings is 1. The molecule has 0 saturated carbocycles. The highest BCUT2D eigenvalue weighted by atomic mass is 32.1. The predicted octanol–water partition coefficient (Wildman–Crippen LogP) is 2.40. The number of aliphatic hydroxyl groups excluding tert-OH is 1. The molecule has 0 unspecified atom stereocenters. The van der Waals surface area contributed by atoms with Crippen LogP contribution in [0.4, 0.5) is 0 Å². The SMILES string of the molecule is CN1CCN(Cc2ccc3sccc3c2)C[C@@H]1CCO. The number of aliphatic hydroxyl groups is 1. The van der Waals surface area contributed by atoms with E-state index < -0.39 is 0 Å². The van der Waals surface area contributed by atoms with Gasteiger partial charge in [-0.25, -0.2) is 0 Å². The van der Waals surface area contributed by atoms with Crippen LogP contribution in [0.1, 0.15) is 12.0 Å². The number of nitrogens with zero attached hydrogens (tertiary/aromatic N) is 2. The van der Waals surface area contributed by atoms with Gasteiger partial charge in [0.25, 0.3) is 0 Å². The summed E-state index contributed by atoms with van der Waals surface area (Å²) >= 11 is 1.80. The van der Waals surface area contributed by atoms with Crippen LogP contribution in [0.5, 0.6) is 0 Å². The fourth-order valence-corrected chi connectivity index (χ4v) is 3.76. The maximum atomic E-state index is 9.16. The van der Waals surface area contributed by atoms with Gasteiger partial charge in [-0.3, -0.25) is 4.90 Å². The lowest BCUT2D eigenvalue weighted by molar-refractivity contribution is 0.0743. The van der Waals surface area contributed by atoms with E-state index in [2.05, 4.69) is 46.5 Å². The normalized spacial score (nSPS) is 21.6. The minimum atomic E-state index is 0.281. The first-order chi connectivity index (χ1) is 9.76. The first-order valence-electron chi connectivity index (χ1n) is 7.26. The average molecular weight is 290 g/mol. The molecule has 1 aliphatic heterocycles. The number of benzene rings is 1. The van der Waals surface area contributed by atoms with Crippen molar-refractivity contribution in [2.45, 2.75) is 19.0 Å². The lowest BCUT2D eigenvalue weighted by Crippen LogP contribution is -2.51. The number of thiophene rings is 1. The largest absolute Gasteiger partial charge is 0.396 e. The fourth-order valence-electron chi connectivity index (χ4n) is 2.99. The molecule has 1 fully saturated rings. The second-order valence-electron chi connectivity index (χ2n) is 5.67. The monoisotopic (exact) mass is 290 g/mol. The standard InChI is InChI=1S/C16H22N2OS/c1-17-6-7-18(12-15(17)4-8-19)11-13-2-3-16-14(10-13)5-9-20-16/h2-3,5,9-10,15,19H,4,6-8,11-12H2,1H3/t15-/m0/s1. The molecule has 0 bridgehead atoms. The molecule has 2 aromatic rings. The van der Waals surface area contributed by atoms with Crippen molar-refractivity contribution in [1.29, 1.82) is 0 Å². The van der Waals surface area contributed by atoms with Gasteiger partial charge in [0.1, 0.15) is 0 Å². The Labute approximate surface area is 124 Å². The van der Waals surface area contributed by atoms with Crippen LogP contribution in [0.3, 0.4) is 0 Å². The third-order valence-electron chi connectivity index (χ3n) is 4.25. The summed E-state index contributed by atoms with van der Waals surface area (Å²) in [5.74, 6) is 0.